The lowest BCUT2D eigenvalue weighted by molar-refractivity contribution is -0.142. The third-order valence-corrected chi connectivity index (χ3v) is 8.49. The van der Waals surface area contributed by atoms with E-state index in [1.807, 2.05) is 53.4 Å². The van der Waals surface area contributed by atoms with Crippen molar-refractivity contribution < 1.29 is 38.0 Å². The van der Waals surface area contributed by atoms with Crippen molar-refractivity contribution >= 4 is 36.8 Å². The van der Waals surface area contributed by atoms with Gasteiger partial charge in [0.1, 0.15) is 6.04 Å². The van der Waals surface area contributed by atoms with E-state index in [9.17, 15) is 9.59 Å². The van der Waals surface area contributed by atoms with Gasteiger partial charge in [0.05, 0.1) is 54.0 Å². The standard InChI is InChI=1S/C36H42N6O8.2ClH/c1-45-29-15-24(16-30(46-2)33(29)49-5)26-13-22(7-9-38-26)20-41-11-12-42(35(43)28(41)19-40-36(37)44)21-23-8-10-39-27(14-23)25-17-31(47-3)34(50-6)32(18-25)48-4;;/h7-10,13-18,28H,11-12,19-21H2,1-6H3,(H3,37,40,44);2*1H/t28-;;/m0../s1. The number of piperazine rings is 1. The molecule has 1 fully saturated rings. The molecular weight excluding hydrogens is 715 g/mol. The van der Waals surface area contributed by atoms with Crippen LogP contribution in [0.2, 0.25) is 0 Å². The Balaban J connectivity index is 0.00000364. The lowest BCUT2D eigenvalue weighted by atomic mass is 10.0. The van der Waals surface area contributed by atoms with Crippen LogP contribution in [-0.4, -0.2) is 100 Å². The second-order valence-corrected chi connectivity index (χ2v) is 11.4. The summed E-state index contributed by atoms with van der Waals surface area (Å²) in [6, 6.07) is 13.6. The van der Waals surface area contributed by atoms with Crippen LogP contribution in [0, 0.1) is 0 Å². The van der Waals surface area contributed by atoms with Crippen LogP contribution >= 0.6 is 24.8 Å². The van der Waals surface area contributed by atoms with Crippen LogP contribution in [0.5, 0.6) is 34.5 Å². The Morgan fingerprint density at radius 3 is 1.56 bits per heavy atom. The van der Waals surface area contributed by atoms with Crippen molar-refractivity contribution in [3.63, 3.8) is 0 Å². The molecule has 1 atom stereocenters. The van der Waals surface area contributed by atoms with E-state index >= 15 is 0 Å². The van der Waals surface area contributed by atoms with Crippen LogP contribution in [-0.2, 0) is 17.9 Å². The summed E-state index contributed by atoms with van der Waals surface area (Å²) >= 11 is 0. The van der Waals surface area contributed by atoms with E-state index in [0.717, 1.165) is 22.3 Å². The third-order valence-electron chi connectivity index (χ3n) is 8.49. The smallest absolute Gasteiger partial charge is 0.312 e. The van der Waals surface area contributed by atoms with Gasteiger partial charge in [-0.15, -0.1) is 24.8 Å². The number of ether oxygens (including phenoxy) is 6. The molecule has 3 amide bonds. The van der Waals surface area contributed by atoms with E-state index < -0.39 is 12.1 Å². The maximum Gasteiger partial charge on any atom is 0.312 e. The summed E-state index contributed by atoms with van der Waals surface area (Å²) in [4.78, 5) is 38.7. The predicted molar refractivity (Wildman–Crippen MR) is 200 cm³/mol. The van der Waals surface area contributed by atoms with Crippen molar-refractivity contribution in [1.29, 1.82) is 0 Å². The van der Waals surface area contributed by atoms with Crippen molar-refractivity contribution in [3.8, 4) is 57.0 Å². The minimum Gasteiger partial charge on any atom is -0.493 e. The van der Waals surface area contributed by atoms with E-state index in [1.165, 1.54) is 0 Å². The lowest BCUT2D eigenvalue weighted by Gasteiger charge is -2.40. The van der Waals surface area contributed by atoms with Gasteiger partial charge in [0.2, 0.25) is 17.4 Å². The highest BCUT2D eigenvalue weighted by Gasteiger charge is 2.35. The molecule has 0 bridgehead atoms. The van der Waals surface area contributed by atoms with Gasteiger partial charge in [-0.2, -0.15) is 0 Å². The molecule has 0 radical (unpaired) electrons. The summed E-state index contributed by atoms with van der Waals surface area (Å²) in [5.41, 5.74) is 10.2. The minimum atomic E-state index is -0.701. The van der Waals surface area contributed by atoms with Gasteiger partial charge in [0.15, 0.2) is 23.0 Å². The van der Waals surface area contributed by atoms with Crippen LogP contribution in [0.15, 0.2) is 60.9 Å². The van der Waals surface area contributed by atoms with E-state index in [0.29, 0.717) is 72.1 Å². The molecule has 0 unspecified atom stereocenters. The molecule has 1 saturated heterocycles. The number of aromatic nitrogens is 2. The number of hydrogen-bond donors (Lipinski definition) is 2. The fourth-order valence-corrected chi connectivity index (χ4v) is 6.02. The number of amides is 3. The molecule has 4 aromatic rings. The number of nitrogens with two attached hydrogens (primary N) is 1. The molecule has 5 rings (SSSR count). The van der Waals surface area contributed by atoms with Gasteiger partial charge in [-0.25, -0.2) is 4.79 Å². The van der Waals surface area contributed by atoms with Crippen molar-refractivity contribution in [2.24, 2.45) is 5.73 Å². The number of pyridine rings is 2. The first kappa shape index (κ1) is 41.2. The highest BCUT2D eigenvalue weighted by Crippen LogP contribution is 2.42. The summed E-state index contributed by atoms with van der Waals surface area (Å²) in [6.45, 7) is 1.87. The molecule has 0 aliphatic carbocycles. The number of halogens is 2. The van der Waals surface area contributed by atoms with E-state index in [4.69, 9.17) is 34.2 Å². The molecule has 0 saturated carbocycles. The largest absolute Gasteiger partial charge is 0.493 e. The Bertz CT molecular complexity index is 1800. The topological polar surface area (TPSA) is 160 Å². The van der Waals surface area contributed by atoms with Gasteiger partial charge in [-0.3, -0.25) is 19.7 Å². The van der Waals surface area contributed by atoms with Crippen LogP contribution < -0.4 is 39.5 Å². The van der Waals surface area contributed by atoms with Crippen molar-refractivity contribution in [2.75, 3.05) is 62.3 Å². The fraction of sp³-hybridized carbons (Fsp3) is 0.333. The molecule has 3 N–H and O–H groups in total. The zero-order valence-electron chi connectivity index (χ0n) is 29.8. The van der Waals surface area contributed by atoms with Crippen molar-refractivity contribution in [3.05, 3.63) is 72.1 Å². The third kappa shape index (κ3) is 9.18. The van der Waals surface area contributed by atoms with Crippen LogP contribution in [0.1, 0.15) is 11.1 Å². The van der Waals surface area contributed by atoms with Gasteiger partial charge in [-0.1, -0.05) is 0 Å². The van der Waals surface area contributed by atoms with E-state index in [2.05, 4.69) is 15.3 Å². The second kappa shape index (κ2) is 18.9. The summed E-state index contributed by atoms with van der Waals surface area (Å²) < 4.78 is 33.0. The number of primary amides is 1. The Labute approximate surface area is 315 Å². The molecule has 1 aliphatic heterocycles. The number of carbonyl (C=O) groups is 2. The molecule has 0 spiro atoms. The first-order valence-corrected chi connectivity index (χ1v) is 15.8. The monoisotopic (exact) mass is 758 g/mol. The predicted octanol–water partition coefficient (Wildman–Crippen LogP) is 4.59. The van der Waals surface area contributed by atoms with Crippen LogP contribution in [0.25, 0.3) is 22.5 Å². The molecule has 14 nitrogen and oxygen atoms in total. The molecule has 2 aromatic heterocycles. The van der Waals surface area contributed by atoms with Gasteiger partial charge in [-0.05, 0) is 59.7 Å². The second-order valence-electron chi connectivity index (χ2n) is 11.4. The summed E-state index contributed by atoms with van der Waals surface area (Å²) in [5, 5.41) is 2.63. The van der Waals surface area contributed by atoms with Gasteiger partial charge >= 0.3 is 6.03 Å². The van der Waals surface area contributed by atoms with Crippen molar-refractivity contribution in [2.45, 2.75) is 19.1 Å². The maximum absolute atomic E-state index is 14.0. The number of benzene rings is 2. The first-order chi connectivity index (χ1) is 24.2. The molecular formula is C36H44Cl2N6O8. The number of nitrogens with one attached hydrogen (secondary N) is 1. The van der Waals surface area contributed by atoms with Gasteiger partial charge in [0.25, 0.3) is 0 Å². The van der Waals surface area contributed by atoms with Gasteiger partial charge < -0.3 is 44.4 Å². The van der Waals surface area contributed by atoms with Crippen LogP contribution in [0.4, 0.5) is 4.79 Å². The molecule has 3 heterocycles. The molecule has 16 heteroatoms. The van der Waals surface area contributed by atoms with E-state index in [-0.39, 0.29) is 37.3 Å². The average molecular weight is 760 g/mol. The number of methoxy groups -OCH3 is 6. The molecule has 52 heavy (non-hydrogen) atoms. The van der Waals surface area contributed by atoms with Gasteiger partial charge in [0, 0.05) is 56.2 Å². The normalized spacial score (nSPS) is 14.0. The highest BCUT2D eigenvalue weighted by atomic mass is 35.5. The minimum absolute atomic E-state index is 0. The molecule has 2 aromatic carbocycles. The average Bonchev–Trinajstić information content (AvgIpc) is 3.14. The maximum atomic E-state index is 14.0. The first-order valence-electron chi connectivity index (χ1n) is 15.8. The molecule has 1 aliphatic rings. The zero-order chi connectivity index (χ0) is 35.8. The Hall–Kier alpha value is -5.18. The summed E-state index contributed by atoms with van der Waals surface area (Å²) in [5.74, 6) is 2.88. The highest BCUT2D eigenvalue weighted by molar-refractivity contribution is 5.86. The Morgan fingerprint density at radius 1 is 0.712 bits per heavy atom. The zero-order valence-corrected chi connectivity index (χ0v) is 31.5. The number of rotatable bonds is 14. The quantitative estimate of drug-likeness (QED) is 0.185. The number of hydrogen-bond acceptors (Lipinski definition) is 11. The Morgan fingerprint density at radius 2 is 1.15 bits per heavy atom. The summed E-state index contributed by atoms with van der Waals surface area (Å²) in [7, 11) is 9.34. The SMILES string of the molecule is COc1cc(-c2cc(CN3CCN(Cc4ccnc(-c5cc(OC)c(OC)c(OC)c5)c4)[C@@H](CNC(N)=O)C3=O)ccn2)cc(OC)c1OC.Cl.Cl. The Kier molecular flexibility index (Phi) is 15.0. The number of urea groups is 1. The summed E-state index contributed by atoms with van der Waals surface area (Å²) in [6.07, 6.45) is 3.42. The van der Waals surface area contributed by atoms with Crippen LogP contribution in [0.3, 0.4) is 0 Å². The molecule has 280 valence electrons. The van der Waals surface area contributed by atoms with Crippen molar-refractivity contribution in [1.82, 2.24) is 25.1 Å². The van der Waals surface area contributed by atoms with E-state index in [1.54, 1.807) is 60.0 Å². The lowest BCUT2D eigenvalue weighted by Crippen LogP contribution is -2.60. The fourth-order valence-electron chi connectivity index (χ4n) is 6.02. The number of nitrogens with zero attached hydrogens (tertiary/aromatic N) is 4. The number of carbonyl (C=O) groups excluding carboxylic acids is 2.